The van der Waals surface area contributed by atoms with Crippen LogP contribution in [0, 0.1) is 11.3 Å². The van der Waals surface area contributed by atoms with Crippen molar-refractivity contribution in [1.82, 2.24) is 0 Å². The number of anilines is 1. The second-order valence-corrected chi connectivity index (χ2v) is 5.16. The van der Waals surface area contributed by atoms with E-state index in [0.29, 0.717) is 16.7 Å². The molecular weight excluding hydrogens is 308 g/mol. The highest BCUT2D eigenvalue weighted by atomic mass is 16.5. The SMILES string of the molecule is COC(=O)c1cc(N2C(=O)c3ccccc3C2=O)ccc1CC#N. The van der Waals surface area contributed by atoms with E-state index in [9.17, 15) is 14.4 Å². The Bertz CT molecular complexity index is 876. The van der Waals surface area contributed by atoms with Gasteiger partial charge in [0.2, 0.25) is 0 Å². The molecule has 2 amide bonds. The Labute approximate surface area is 137 Å². The molecule has 0 saturated heterocycles. The molecule has 0 fully saturated rings. The first-order valence-electron chi connectivity index (χ1n) is 7.14. The zero-order chi connectivity index (χ0) is 17.3. The number of methoxy groups -OCH3 is 1. The van der Waals surface area contributed by atoms with E-state index >= 15 is 0 Å². The summed E-state index contributed by atoms with van der Waals surface area (Å²) in [5.41, 5.74) is 1.55. The number of carbonyl (C=O) groups is 3. The number of fused-ring (bicyclic) bond motifs is 1. The monoisotopic (exact) mass is 320 g/mol. The molecule has 0 atom stereocenters. The van der Waals surface area contributed by atoms with Gasteiger partial charge in [-0.15, -0.1) is 0 Å². The standard InChI is InChI=1S/C18H12N2O4/c1-24-18(23)15-10-12(7-6-11(15)8-9-19)20-16(21)13-4-2-3-5-14(13)17(20)22/h2-7,10H,8H2,1H3. The lowest BCUT2D eigenvalue weighted by molar-refractivity contribution is 0.0599. The summed E-state index contributed by atoms with van der Waals surface area (Å²) in [7, 11) is 1.23. The normalized spacial score (nSPS) is 12.8. The predicted octanol–water partition coefficient (Wildman–Crippen LogP) is 2.34. The summed E-state index contributed by atoms with van der Waals surface area (Å²) in [4.78, 5) is 38.0. The van der Waals surface area contributed by atoms with Crippen LogP contribution in [0.4, 0.5) is 5.69 Å². The minimum Gasteiger partial charge on any atom is -0.465 e. The van der Waals surface area contributed by atoms with Gasteiger partial charge in [-0.05, 0) is 29.8 Å². The fraction of sp³-hybridized carbons (Fsp3) is 0.111. The van der Waals surface area contributed by atoms with Crippen LogP contribution < -0.4 is 4.90 Å². The minimum atomic E-state index is -0.626. The van der Waals surface area contributed by atoms with E-state index in [1.165, 1.54) is 13.2 Å². The summed E-state index contributed by atoms with van der Waals surface area (Å²) in [5.74, 6) is -1.52. The van der Waals surface area contributed by atoms with Gasteiger partial charge >= 0.3 is 5.97 Å². The van der Waals surface area contributed by atoms with Crippen LogP contribution >= 0.6 is 0 Å². The number of benzene rings is 2. The van der Waals surface area contributed by atoms with E-state index in [1.807, 2.05) is 6.07 Å². The topological polar surface area (TPSA) is 87.5 Å². The molecule has 2 aromatic carbocycles. The van der Waals surface area contributed by atoms with Gasteiger partial charge in [0, 0.05) is 0 Å². The number of amides is 2. The van der Waals surface area contributed by atoms with Crippen LogP contribution in [0.5, 0.6) is 0 Å². The van der Waals surface area contributed by atoms with Crippen molar-refractivity contribution in [3.63, 3.8) is 0 Å². The summed E-state index contributed by atoms with van der Waals surface area (Å²) in [6, 6.07) is 13.0. The van der Waals surface area contributed by atoms with Gasteiger partial charge in [0.15, 0.2) is 0 Å². The van der Waals surface area contributed by atoms with Crippen LogP contribution in [-0.2, 0) is 11.2 Å². The molecule has 2 aromatic rings. The number of hydrogen-bond donors (Lipinski definition) is 0. The molecule has 0 saturated carbocycles. The van der Waals surface area contributed by atoms with Crippen molar-refractivity contribution in [3.05, 3.63) is 64.7 Å². The van der Waals surface area contributed by atoms with E-state index in [0.717, 1.165) is 4.90 Å². The summed E-state index contributed by atoms with van der Waals surface area (Å²) >= 11 is 0. The molecule has 6 nitrogen and oxygen atoms in total. The van der Waals surface area contributed by atoms with Gasteiger partial charge < -0.3 is 4.74 Å². The molecular formula is C18H12N2O4. The Balaban J connectivity index is 2.08. The van der Waals surface area contributed by atoms with Gasteiger partial charge in [-0.1, -0.05) is 18.2 Å². The number of hydrogen-bond acceptors (Lipinski definition) is 5. The molecule has 0 unspecified atom stereocenters. The molecule has 0 N–H and O–H groups in total. The highest BCUT2D eigenvalue weighted by Gasteiger charge is 2.36. The van der Waals surface area contributed by atoms with Crippen molar-refractivity contribution >= 4 is 23.5 Å². The van der Waals surface area contributed by atoms with E-state index in [2.05, 4.69) is 0 Å². The summed E-state index contributed by atoms with van der Waals surface area (Å²) < 4.78 is 4.72. The van der Waals surface area contributed by atoms with Gasteiger partial charge in [0.05, 0.1) is 42.0 Å². The molecule has 1 aliphatic heterocycles. The van der Waals surface area contributed by atoms with E-state index < -0.39 is 17.8 Å². The van der Waals surface area contributed by atoms with Crippen LogP contribution in [0.1, 0.15) is 36.6 Å². The zero-order valence-electron chi connectivity index (χ0n) is 12.8. The molecule has 0 bridgehead atoms. The highest BCUT2D eigenvalue weighted by Crippen LogP contribution is 2.30. The maximum absolute atomic E-state index is 12.5. The number of esters is 1. The molecule has 1 aliphatic rings. The van der Waals surface area contributed by atoms with Gasteiger partial charge in [-0.2, -0.15) is 5.26 Å². The van der Waals surface area contributed by atoms with E-state index in [4.69, 9.17) is 10.00 Å². The molecule has 0 radical (unpaired) electrons. The van der Waals surface area contributed by atoms with Gasteiger partial charge in [-0.25, -0.2) is 9.69 Å². The van der Waals surface area contributed by atoms with Crippen molar-refractivity contribution in [1.29, 1.82) is 5.26 Å². The number of nitrogens with zero attached hydrogens (tertiary/aromatic N) is 2. The second kappa shape index (κ2) is 5.97. The van der Waals surface area contributed by atoms with Gasteiger partial charge in [0.25, 0.3) is 11.8 Å². The minimum absolute atomic E-state index is 0.0207. The van der Waals surface area contributed by atoms with E-state index in [1.54, 1.807) is 36.4 Å². The van der Waals surface area contributed by atoms with Crippen LogP contribution in [0.3, 0.4) is 0 Å². The molecule has 1 heterocycles. The maximum atomic E-state index is 12.5. The zero-order valence-corrected chi connectivity index (χ0v) is 12.8. The van der Waals surface area contributed by atoms with Crippen molar-refractivity contribution in [2.75, 3.05) is 12.0 Å². The molecule has 6 heteroatoms. The van der Waals surface area contributed by atoms with E-state index in [-0.39, 0.29) is 17.7 Å². The van der Waals surface area contributed by atoms with Crippen molar-refractivity contribution < 1.29 is 19.1 Å². The average molecular weight is 320 g/mol. The van der Waals surface area contributed by atoms with Crippen LogP contribution in [0.15, 0.2) is 42.5 Å². The van der Waals surface area contributed by atoms with Crippen molar-refractivity contribution in [2.45, 2.75) is 6.42 Å². The third-order valence-electron chi connectivity index (χ3n) is 3.82. The molecule has 0 aromatic heterocycles. The van der Waals surface area contributed by atoms with Gasteiger partial charge in [0.1, 0.15) is 0 Å². The summed E-state index contributed by atoms with van der Waals surface area (Å²) in [5, 5.41) is 8.86. The number of rotatable bonds is 3. The van der Waals surface area contributed by atoms with Crippen LogP contribution in [0.2, 0.25) is 0 Å². The maximum Gasteiger partial charge on any atom is 0.338 e. The lowest BCUT2D eigenvalue weighted by Gasteiger charge is -2.16. The largest absolute Gasteiger partial charge is 0.465 e. The Hall–Kier alpha value is -3.46. The number of imide groups is 1. The Kier molecular flexibility index (Phi) is 3.84. The van der Waals surface area contributed by atoms with Gasteiger partial charge in [-0.3, -0.25) is 9.59 Å². The summed E-state index contributed by atoms with van der Waals surface area (Å²) in [6.07, 6.45) is 0.0207. The Morgan fingerprint density at radius 2 is 1.75 bits per heavy atom. The molecule has 0 spiro atoms. The molecule has 118 valence electrons. The lowest BCUT2D eigenvalue weighted by atomic mass is 10.0. The van der Waals surface area contributed by atoms with Crippen LogP contribution in [-0.4, -0.2) is 24.9 Å². The van der Waals surface area contributed by atoms with Crippen LogP contribution in [0.25, 0.3) is 0 Å². The second-order valence-electron chi connectivity index (χ2n) is 5.16. The first kappa shape index (κ1) is 15.4. The first-order valence-corrected chi connectivity index (χ1v) is 7.14. The smallest absolute Gasteiger partial charge is 0.338 e. The summed E-state index contributed by atoms with van der Waals surface area (Å²) in [6.45, 7) is 0. The van der Waals surface area contributed by atoms with Crippen molar-refractivity contribution in [3.8, 4) is 6.07 Å². The van der Waals surface area contributed by atoms with Crippen molar-refractivity contribution in [2.24, 2.45) is 0 Å². The number of ether oxygens (including phenoxy) is 1. The molecule has 24 heavy (non-hydrogen) atoms. The fourth-order valence-corrected chi connectivity index (χ4v) is 2.67. The third kappa shape index (κ3) is 2.32. The number of nitriles is 1. The fourth-order valence-electron chi connectivity index (χ4n) is 2.67. The lowest BCUT2D eigenvalue weighted by Crippen LogP contribution is -2.29. The first-order chi connectivity index (χ1) is 11.6. The predicted molar refractivity (Wildman–Crippen MR) is 84.7 cm³/mol. The Morgan fingerprint density at radius 1 is 1.12 bits per heavy atom. The molecule has 0 aliphatic carbocycles. The Morgan fingerprint density at radius 3 is 2.29 bits per heavy atom. The number of carbonyl (C=O) groups excluding carboxylic acids is 3. The third-order valence-corrected chi connectivity index (χ3v) is 3.82. The quantitative estimate of drug-likeness (QED) is 0.640. The highest BCUT2D eigenvalue weighted by molar-refractivity contribution is 6.34. The molecule has 3 rings (SSSR count). The average Bonchev–Trinajstić information content (AvgIpc) is 2.86.